The van der Waals surface area contributed by atoms with E-state index < -0.39 is 0 Å². The summed E-state index contributed by atoms with van der Waals surface area (Å²) in [7, 11) is 0. The molecule has 1 fully saturated rings. The van der Waals surface area contributed by atoms with E-state index in [-0.39, 0.29) is 11.9 Å². The van der Waals surface area contributed by atoms with E-state index in [9.17, 15) is 4.39 Å². The van der Waals surface area contributed by atoms with E-state index in [4.69, 9.17) is 10.5 Å². The van der Waals surface area contributed by atoms with E-state index in [1.54, 1.807) is 12.3 Å². The fraction of sp³-hybridized carbons (Fsp3) is 0.250. The van der Waals surface area contributed by atoms with Crippen molar-refractivity contribution in [3.8, 4) is 11.1 Å². The Balaban J connectivity index is 1.89. The maximum Gasteiger partial charge on any atom is 0.131 e. The fourth-order valence-corrected chi connectivity index (χ4v) is 3.40. The van der Waals surface area contributed by atoms with Crippen LogP contribution in [0.2, 0.25) is 0 Å². The molecule has 0 amide bonds. The molecule has 0 aliphatic carbocycles. The Morgan fingerprint density at radius 1 is 1.28 bits per heavy atom. The molecule has 1 aliphatic rings. The number of hydrogen-bond donors (Lipinski definition) is 2. The van der Waals surface area contributed by atoms with Gasteiger partial charge in [-0.2, -0.15) is 0 Å². The number of anilines is 2. The quantitative estimate of drug-likeness (QED) is 0.754. The molecule has 1 aromatic heterocycles. The SMILES string of the molecule is Cc1cccc(F)c1-c1cc(NC2CCOC2)c2cc(N)ncc2c1. The zero-order valence-corrected chi connectivity index (χ0v) is 14.1. The van der Waals surface area contributed by atoms with Gasteiger partial charge >= 0.3 is 0 Å². The Morgan fingerprint density at radius 3 is 2.92 bits per heavy atom. The number of ether oxygens (including phenoxy) is 1. The van der Waals surface area contributed by atoms with E-state index in [1.807, 2.05) is 31.2 Å². The van der Waals surface area contributed by atoms with Crippen LogP contribution < -0.4 is 11.1 Å². The molecule has 2 aromatic carbocycles. The molecule has 0 radical (unpaired) electrons. The number of nitrogens with one attached hydrogen (secondary N) is 1. The molecule has 3 N–H and O–H groups in total. The lowest BCUT2D eigenvalue weighted by atomic mass is 9.96. The molecule has 0 saturated carbocycles. The van der Waals surface area contributed by atoms with Gasteiger partial charge in [0.05, 0.1) is 12.6 Å². The molecule has 128 valence electrons. The van der Waals surface area contributed by atoms with Gasteiger partial charge in [-0.3, -0.25) is 0 Å². The van der Waals surface area contributed by atoms with Crippen molar-refractivity contribution >= 4 is 22.3 Å². The number of benzene rings is 2. The third-order valence-electron chi connectivity index (χ3n) is 4.66. The van der Waals surface area contributed by atoms with Crippen LogP contribution in [0, 0.1) is 12.7 Å². The number of halogens is 1. The highest BCUT2D eigenvalue weighted by molar-refractivity contribution is 5.98. The van der Waals surface area contributed by atoms with Crippen LogP contribution >= 0.6 is 0 Å². The number of pyridine rings is 1. The van der Waals surface area contributed by atoms with Crippen LogP contribution in [-0.4, -0.2) is 24.2 Å². The highest BCUT2D eigenvalue weighted by Gasteiger charge is 2.18. The predicted molar refractivity (Wildman–Crippen MR) is 99.1 cm³/mol. The van der Waals surface area contributed by atoms with E-state index in [0.717, 1.165) is 40.6 Å². The molecular formula is C20H20FN3O. The first-order chi connectivity index (χ1) is 12.1. The van der Waals surface area contributed by atoms with Gasteiger partial charge in [-0.15, -0.1) is 0 Å². The summed E-state index contributed by atoms with van der Waals surface area (Å²) in [6, 6.07) is 11.2. The molecule has 0 bridgehead atoms. The second-order valence-electron chi connectivity index (χ2n) is 6.49. The second-order valence-corrected chi connectivity index (χ2v) is 6.49. The number of hydrogen-bond acceptors (Lipinski definition) is 4. The summed E-state index contributed by atoms with van der Waals surface area (Å²) in [5, 5.41) is 5.44. The van der Waals surface area contributed by atoms with Gasteiger partial charge in [0.2, 0.25) is 0 Å². The topological polar surface area (TPSA) is 60.2 Å². The maximum absolute atomic E-state index is 14.5. The third kappa shape index (κ3) is 3.03. The maximum atomic E-state index is 14.5. The average Bonchev–Trinajstić information content (AvgIpc) is 3.08. The summed E-state index contributed by atoms with van der Waals surface area (Å²) >= 11 is 0. The van der Waals surface area contributed by atoms with Crippen molar-refractivity contribution in [2.45, 2.75) is 19.4 Å². The predicted octanol–water partition coefficient (Wildman–Crippen LogP) is 4.13. The van der Waals surface area contributed by atoms with Crippen molar-refractivity contribution in [3.05, 3.63) is 54.0 Å². The lowest BCUT2D eigenvalue weighted by Crippen LogP contribution is -2.19. The average molecular weight is 337 g/mol. The number of nitrogen functional groups attached to an aromatic ring is 1. The number of rotatable bonds is 3. The molecule has 5 heteroatoms. The monoisotopic (exact) mass is 337 g/mol. The third-order valence-corrected chi connectivity index (χ3v) is 4.66. The molecule has 1 aliphatic heterocycles. The Labute approximate surface area is 145 Å². The van der Waals surface area contributed by atoms with E-state index in [1.165, 1.54) is 6.07 Å². The second kappa shape index (κ2) is 6.33. The molecule has 25 heavy (non-hydrogen) atoms. The minimum absolute atomic E-state index is 0.224. The van der Waals surface area contributed by atoms with Gasteiger partial charge in [0, 0.05) is 34.8 Å². The molecule has 1 unspecified atom stereocenters. The first-order valence-electron chi connectivity index (χ1n) is 8.41. The van der Waals surface area contributed by atoms with Gasteiger partial charge in [0.25, 0.3) is 0 Å². The Hall–Kier alpha value is -2.66. The highest BCUT2D eigenvalue weighted by atomic mass is 19.1. The summed E-state index contributed by atoms with van der Waals surface area (Å²) in [5.74, 6) is 0.242. The Morgan fingerprint density at radius 2 is 2.16 bits per heavy atom. The number of fused-ring (bicyclic) bond motifs is 1. The number of aryl methyl sites for hydroxylation is 1. The lowest BCUT2D eigenvalue weighted by molar-refractivity contribution is 0.195. The minimum Gasteiger partial charge on any atom is -0.384 e. The number of nitrogens with zero attached hydrogens (tertiary/aromatic N) is 1. The van der Waals surface area contributed by atoms with Crippen molar-refractivity contribution in [2.24, 2.45) is 0 Å². The molecular weight excluding hydrogens is 317 g/mol. The minimum atomic E-state index is -0.224. The molecule has 1 saturated heterocycles. The summed E-state index contributed by atoms with van der Waals surface area (Å²) in [5.41, 5.74) is 9.15. The zero-order chi connectivity index (χ0) is 17.4. The molecule has 1 atom stereocenters. The van der Waals surface area contributed by atoms with Crippen LogP contribution in [0.4, 0.5) is 15.9 Å². The van der Waals surface area contributed by atoms with Gasteiger partial charge in [0.1, 0.15) is 11.6 Å². The van der Waals surface area contributed by atoms with Crippen molar-refractivity contribution < 1.29 is 9.13 Å². The van der Waals surface area contributed by atoms with Gasteiger partial charge in [-0.25, -0.2) is 9.37 Å². The molecule has 3 aromatic rings. The lowest BCUT2D eigenvalue weighted by Gasteiger charge is -2.17. The van der Waals surface area contributed by atoms with Crippen LogP contribution in [0.1, 0.15) is 12.0 Å². The van der Waals surface area contributed by atoms with Crippen LogP contribution in [-0.2, 0) is 4.74 Å². The van der Waals surface area contributed by atoms with Gasteiger partial charge in [0.15, 0.2) is 0 Å². The van der Waals surface area contributed by atoms with Crippen molar-refractivity contribution in [1.29, 1.82) is 0 Å². The van der Waals surface area contributed by atoms with Crippen LogP contribution in [0.5, 0.6) is 0 Å². The van der Waals surface area contributed by atoms with Crippen LogP contribution in [0.3, 0.4) is 0 Å². The zero-order valence-electron chi connectivity index (χ0n) is 14.1. The fourth-order valence-electron chi connectivity index (χ4n) is 3.40. The highest BCUT2D eigenvalue weighted by Crippen LogP contribution is 2.35. The molecule has 4 rings (SSSR count). The van der Waals surface area contributed by atoms with E-state index in [2.05, 4.69) is 10.3 Å². The Kier molecular flexibility index (Phi) is 4.01. The van der Waals surface area contributed by atoms with Crippen molar-refractivity contribution in [1.82, 2.24) is 4.98 Å². The first kappa shape index (κ1) is 15.8. The number of aromatic nitrogens is 1. The molecule has 0 spiro atoms. The summed E-state index contributed by atoms with van der Waals surface area (Å²) in [4.78, 5) is 4.19. The van der Waals surface area contributed by atoms with Gasteiger partial charge < -0.3 is 15.8 Å². The van der Waals surface area contributed by atoms with E-state index >= 15 is 0 Å². The first-order valence-corrected chi connectivity index (χ1v) is 8.41. The normalized spacial score (nSPS) is 17.1. The Bertz CT molecular complexity index is 915. The van der Waals surface area contributed by atoms with Gasteiger partial charge in [-0.05, 0) is 48.7 Å². The summed E-state index contributed by atoms with van der Waals surface area (Å²) in [6.45, 7) is 3.35. The van der Waals surface area contributed by atoms with E-state index in [0.29, 0.717) is 18.0 Å². The van der Waals surface area contributed by atoms with Gasteiger partial charge in [-0.1, -0.05) is 12.1 Å². The molecule has 2 heterocycles. The standard InChI is InChI=1S/C20H20FN3O/c1-12-3-2-4-17(21)20(12)13-7-14-10-23-19(22)9-16(14)18(8-13)24-15-5-6-25-11-15/h2-4,7-10,15,24H,5-6,11H2,1H3,(H2,22,23). The summed E-state index contributed by atoms with van der Waals surface area (Å²) < 4.78 is 19.9. The number of nitrogens with two attached hydrogens (primary N) is 1. The van der Waals surface area contributed by atoms with Crippen LogP contribution in [0.15, 0.2) is 42.6 Å². The smallest absolute Gasteiger partial charge is 0.131 e. The summed E-state index contributed by atoms with van der Waals surface area (Å²) in [6.07, 6.45) is 2.69. The largest absolute Gasteiger partial charge is 0.384 e. The van der Waals surface area contributed by atoms with Crippen molar-refractivity contribution in [2.75, 3.05) is 24.3 Å². The van der Waals surface area contributed by atoms with Crippen LogP contribution in [0.25, 0.3) is 21.9 Å². The molecule has 4 nitrogen and oxygen atoms in total. The van der Waals surface area contributed by atoms with Crippen molar-refractivity contribution in [3.63, 3.8) is 0 Å².